The summed E-state index contributed by atoms with van der Waals surface area (Å²) in [5.41, 5.74) is 1.77. The molecule has 1 amide bonds. The minimum atomic E-state index is -0.0835. The number of carbonyl (C=O) groups is 1. The Bertz CT molecular complexity index is 1010. The van der Waals surface area contributed by atoms with E-state index in [9.17, 15) is 4.79 Å². The highest BCUT2D eigenvalue weighted by Gasteiger charge is 2.22. The molecule has 2 aromatic heterocycles. The molecule has 0 aliphatic carbocycles. The summed E-state index contributed by atoms with van der Waals surface area (Å²) < 4.78 is 5.55. The van der Waals surface area contributed by atoms with Crippen molar-refractivity contribution in [1.82, 2.24) is 20.1 Å². The lowest BCUT2D eigenvalue weighted by molar-refractivity contribution is -0.133. The number of rotatable bonds is 5. The number of hydrogen-bond donors (Lipinski definition) is 0. The standard InChI is InChI=1S/C21H19Cl2N5O2/c22-16-1-3-19(17(23)13-16)30-14-21(29)28-11-9-27(10-12-28)20-4-2-18(25-26-20)15-5-7-24-8-6-15/h1-8,13H,9-12,14H2. The SMILES string of the molecule is O=C(COc1ccc(Cl)cc1Cl)N1CCN(c2ccc(-c3ccncc3)nn2)CC1. The van der Waals surface area contributed by atoms with Crippen molar-refractivity contribution in [3.63, 3.8) is 0 Å². The number of halogens is 2. The molecule has 0 radical (unpaired) electrons. The van der Waals surface area contributed by atoms with Crippen LogP contribution in [0.3, 0.4) is 0 Å². The van der Waals surface area contributed by atoms with E-state index in [0.29, 0.717) is 42.0 Å². The lowest BCUT2D eigenvalue weighted by Gasteiger charge is -2.35. The van der Waals surface area contributed by atoms with Crippen molar-refractivity contribution in [3.05, 3.63) is 64.9 Å². The predicted molar refractivity (Wildman–Crippen MR) is 116 cm³/mol. The Morgan fingerprint density at radius 3 is 2.40 bits per heavy atom. The van der Waals surface area contributed by atoms with E-state index in [4.69, 9.17) is 27.9 Å². The molecule has 0 bridgehead atoms. The van der Waals surface area contributed by atoms with Gasteiger partial charge in [-0.1, -0.05) is 23.2 Å². The molecule has 154 valence electrons. The Morgan fingerprint density at radius 2 is 1.73 bits per heavy atom. The summed E-state index contributed by atoms with van der Waals surface area (Å²) in [7, 11) is 0. The monoisotopic (exact) mass is 443 g/mol. The van der Waals surface area contributed by atoms with Crippen LogP contribution in [0.4, 0.5) is 5.82 Å². The van der Waals surface area contributed by atoms with Gasteiger partial charge in [-0.2, -0.15) is 0 Å². The number of hydrogen-bond acceptors (Lipinski definition) is 6. The first kappa shape index (κ1) is 20.4. The van der Waals surface area contributed by atoms with Crippen LogP contribution in [-0.2, 0) is 4.79 Å². The van der Waals surface area contributed by atoms with Gasteiger partial charge < -0.3 is 14.5 Å². The third-order valence-electron chi connectivity index (χ3n) is 4.83. The summed E-state index contributed by atoms with van der Waals surface area (Å²) in [6.45, 7) is 2.46. The maximum atomic E-state index is 12.5. The zero-order valence-electron chi connectivity index (χ0n) is 16.0. The van der Waals surface area contributed by atoms with E-state index < -0.39 is 0 Å². The van der Waals surface area contributed by atoms with Gasteiger partial charge in [0.25, 0.3) is 5.91 Å². The van der Waals surface area contributed by atoms with Crippen LogP contribution in [0.25, 0.3) is 11.3 Å². The Balaban J connectivity index is 1.29. The van der Waals surface area contributed by atoms with E-state index in [1.54, 1.807) is 35.5 Å². The molecule has 0 atom stereocenters. The fraction of sp³-hybridized carbons (Fsp3) is 0.238. The maximum Gasteiger partial charge on any atom is 0.260 e. The van der Waals surface area contributed by atoms with Crippen LogP contribution in [0.1, 0.15) is 0 Å². The highest BCUT2D eigenvalue weighted by Crippen LogP contribution is 2.27. The van der Waals surface area contributed by atoms with Crippen molar-refractivity contribution in [1.29, 1.82) is 0 Å². The van der Waals surface area contributed by atoms with Crippen LogP contribution < -0.4 is 9.64 Å². The summed E-state index contributed by atoms with van der Waals surface area (Å²) in [6, 6.07) is 12.6. The topological polar surface area (TPSA) is 71.5 Å². The number of carbonyl (C=O) groups excluding carboxylic acids is 1. The van der Waals surface area contributed by atoms with E-state index >= 15 is 0 Å². The molecule has 1 saturated heterocycles. The van der Waals surface area contributed by atoms with Crippen LogP contribution in [0.15, 0.2) is 54.9 Å². The average Bonchev–Trinajstić information content (AvgIpc) is 2.79. The molecule has 1 aliphatic rings. The summed E-state index contributed by atoms with van der Waals surface area (Å²) in [4.78, 5) is 20.4. The van der Waals surface area contributed by atoms with Crippen molar-refractivity contribution < 1.29 is 9.53 Å². The Morgan fingerprint density at radius 1 is 0.967 bits per heavy atom. The second-order valence-electron chi connectivity index (χ2n) is 6.74. The summed E-state index contributed by atoms with van der Waals surface area (Å²) in [5.74, 6) is 1.15. The second-order valence-corrected chi connectivity index (χ2v) is 7.59. The summed E-state index contributed by atoms with van der Waals surface area (Å²) in [5, 5.41) is 9.56. The number of pyridine rings is 1. The second kappa shape index (κ2) is 9.28. The Kier molecular flexibility index (Phi) is 6.30. The molecule has 0 saturated carbocycles. The van der Waals surface area contributed by atoms with E-state index in [2.05, 4.69) is 20.1 Å². The lowest BCUT2D eigenvalue weighted by Crippen LogP contribution is -2.50. The number of anilines is 1. The average molecular weight is 444 g/mol. The molecule has 0 spiro atoms. The minimum Gasteiger partial charge on any atom is -0.482 e. The summed E-state index contributed by atoms with van der Waals surface area (Å²) >= 11 is 12.0. The van der Waals surface area contributed by atoms with Crippen LogP contribution in [0.5, 0.6) is 5.75 Å². The van der Waals surface area contributed by atoms with Gasteiger partial charge in [-0.3, -0.25) is 9.78 Å². The van der Waals surface area contributed by atoms with Crippen molar-refractivity contribution in [2.75, 3.05) is 37.7 Å². The molecule has 0 unspecified atom stereocenters. The van der Waals surface area contributed by atoms with Gasteiger partial charge in [0.15, 0.2) is 12.4 Å². The van der Waals surface area contributed by atoms with Crippen LogP contribution in [0.2, 0.25) is 10.0 Å². The Hall–Kier alpha value is -2.90. The molecule has 9 heteroatoms. The predicted octanol–water partition coefficient (Wildman–Crippen LogP) is 3.57. The molecule has 4 rings (SSSR count). The lowest BCUT2D eigenvalue weighted by atomic mass is 10.2. The number of benzene rings is 1. The molecule has 1 aliphatic heterocycles. The molecule has 3 aromatic rings. The molecule has 7 nitrogen and oxygen atoms in total. The first-order valence-electron chi connectivity index (χ1n) is 9.45. The molecule has 1 fully saturated rings. The third-order valence-corrected chi connectivity index (χ3v) is 5.36. The molecule has 1 aromatic carbocycles. The maximum absolute atomic E-state index is 12.5. The van der Waals surface area contributed by atoms with E-state index in [0.717, 1.165) is 17.1 Å². The molecule has 30 heavy (non-hydrogen) atoms. The Labute approximate surface area is 184 Å². The van der Waals surface area contributed by atoms with Gasteiger partial charge in [-0.05, 0) is 42.5 Å². The van der Waals surface area contributed by atoms with Gasteiger partial charge in [0, 0.05) is 49.2 Å². The number of ether oxygens (including phenoxy) is 1. The van der Waals surface area contributed by atoms with Gasteiger partial charge in [0.1, 0.15) is 5.75 Å². The summed E-state index contributed by atoms with van der Waals surface area (Å²) in [6.07, 6.45) is 3.46. The largest absolute Gasteiger partial charge is 0.482 e. The number of piperazine rings is 1. The quantitative estimate of drug-likeness (QED) is 0.599. The number of aromatic nitrogens is 3. The van der Waals surface area contributed by atoms with Gasteiger partial charge >= 0.3 is 0 Å². The van der Waals surface area contributed by atoms with Crippen molar-refractivity contribution >= 4 is 34.9 Å². The van der Waals surface area contributed by atoms with Crippen molar-refractivity contribution in [3.8, 4) is 17.0 Å². The normalized spacial score (nSPS) is 13.9. The van der Waals surface area contributed by atoms with E-state index in [-0.39, 0.29) is 12.5 Å². The zero-order chi connectivity index (χ0) is 20.9. The number of nitrogens with zero attached hydrogens (tertiary/aromatic N) is 5. The van der Waals surface area contributed by atoms with Gasteiger partial charge in [0.2, 0.25) is 0 Å². The van der Waals surface area contributed by atoms with Gasteiger partial charge in [0.05, 0.1) is 10.7 Å². The van der Waals surface area contributed by atoms with Crippen LogP contribution in [0, 0.1) is 0 Å². The minimum absolute atomic E-state index is 0.0677. The van der Waals surface area contributed by atoms with Crippen molar-refractivity contribution in [2.45, 2.75) is 0 Å². The fourth-order valence-corrected chi connectivity index (χ4v) is 3.64. The first-order chi connectivity index (χ1) is 14.6. The molecule has 3 heterocycles. The van der Waals surface area contributed by atoms with Crippen LogP contribution in [-0.4, -0.2) is 58.8 Å². The van der Waals surface area contributed by atoms with Gasteiger partial charge in [-0.15, -0.1) is 10.2 Å². The highest BCUT2D eigenvalue weighted by molar-refractivity contribution is 6.35. The third kappa shape index (κ3) is 4.80. The molecular weight excluding hydrogens is 425 g/mol. The fourth-order valence-electron chi connectivity index (χ4n) is 3.18. The van der Waals surface area contributed by atoms with Crippen LogP contribution >= 0.6 is 23.2 Å². The molecular formula is C21H19Cl2N5O2. The highest BCUT2D eigenvalue weighted by atomic mass is 35.5. The van der Waals surface area contributed by atoms with E-state index in [1.807, 2.05) is 24.3 Å². The van der Waals surface area contributed by atoms with E-state index in [1.165, 1.54) is 0 Å². The van der Waals surface area contributed by atoms with Crippen molar-refractivity contribution in [2.24, 2.45) is 0 Å². The first-order valence-corrected chi connectivity index (χ1v) is 10.2. The molecule has 0 N–H and O–H groups in total. The smallest absolute Gasteiger partial charge is 0.260 e. The zero-order valence-corrected chi connectivity index (χ0v) is 17.6. The van der Waals surface area contributed by atoms with Gasteiger partial charge in [-0.25, -0.2) is 0 Å². The number of amides is 1.